The minimum absolute atomic E-state index is 0.768. The fourth-order valence-corrected chi connectivity index (χ4v) is 4.75. The van der Waals surface area contributed by atoms with Crippen molar-refractivity contribution in [3.63, 3.8) is 0 Å². The van der Waals surface area contributed by atoms with Gasteiger partial charge >= 0.3 is 0 Å². The Balaban J connectivity index is 1.22. The molecule has 8 nitrogen and oxygen atoms in total. The van der Waals surface area contributed by atoms with Gasteiger partial charge in [0.25, 0.3) is 0 Å². The number of anilines is 1. The zero-order valence-corrected chi connectivity index (χ0v) is 18.2. The van der Waals surface area contributed by atoms with Crippen molar-refractivity contribution >= 4 is 5.82 Å². The summed E-state index contributed by atoms with van der Waals surface area (Å²) in [7, 11) is 2.10. The second kappa shape index (κ2) is 7.83. The van der Waals surface area contributed by atoms with Gasteiger partial charge in [-0.1, -0.05) is 0 Å². The van der Waals surface area contributed by atoms with Gasteiger partial charge in [0.1, 0.15) is 0 Å². The SMILES string of the molecule is Cc1cc(C)n(-c2ccc(N3CCN(Cc4c5c(nn4C)CCCC5)CC3)nn2)n1. The Labute approximate surface area is 177 Å². The lowest BCUT2D eigenvalue weighted by atomic mass is 9.95. The van der Waals surface area contributed by atoms with E-state index < -0.39 is 0 Å². The van der Waals surface area contributed by atoms with Crippen LogP contribution in [0.4, 0.5) is 5.82 Å². The Kier molecular flexibility index (Phi) is 5.02. The first-order valence-corrected chi connectivity index (χ1v) is 11.0. The van der Waals surface area contributed by atoms with Crippen LogP contribution in [0.2, 0.25) is 0 Å². The zero-order valence-electron chi connectivity index (χ0n) is 18.2. The van der Waals surface area contributed by atoms with Gasteiger partial charge in [0.05, 0.1) is 17.1 Å². The predicted molar refractivity (Wildman–Crippen MR) is 116 cm³/mol. The summed E-state index contributed by atoms with van der Waals surface area (Å²) in [4.78, 5) is 4.87. The van der Waals surface area contributed by atoms with Crippen molar-refractivity contribution in [3.8, 4) is 5.82 Å². The third-order valence-electron chi connectivity index (χ3n) is 6.38. The zero-order chi connectivity index (χ0) is 20.7. The van der Waals surface area contributed by atoms with Crippen LogP contribution in [0.5, 0.6) is 0 Å². The molecule has 0 N–H and O–H groups in total. The number of hydrogen-bond acceptors (Lipinski definition) is 6. The molecule has 2 aliphatic rings. The minimum Gasteiger partial charge on any atom is -0.353 e. The van der Waals surface area contributed by atoms with Crippen LogP contribution in [-0.2, 0) is 26.4 Å². The molecule has 30 heavy (non-hydrogen) atoms. The minimum atomic E-state index is 0.768. The van der Waals surface area contributed by atoms with E-state index in [2.05, 4.69) is 42.9 Å². The van der Waals surface area contributed by atoms with Gasteiger partial charge in [-0.15, -0.1) is 10.2 Å². The molecule has 0 radical (unpaired) electrons. The lowest BCUT2D eigenvalue weighted by Crippen LogP contribution is -2.46. The Bertz CT molecular complexity index is 1020. The molecule has 1 aliphatic heterocycles. The maximum atomic E-state index is 4.77. The van der Waals surface area contributed by atoms with Gasteiger partial charge in [0.15, 0.2) is 11.6 Å². The first kappa shape index (κ1) is 19.2. The normalized spacial score (nSPS) is 17.4. The van der Waals surface area contributed by atoms with Crippen LogP contribution in [0.25, 0.3) is 5.82 Å². The number of aromatic nitrogens is 6. The molecular weight excluding hydrogens is 376 g/mol. The first-order valence-electron chi connectivity index (χ1n) is 11.0. The summed E-state index contributed by atoms with van der Waals surface area (Å²) < 4.78 is 3.96. The Morgan fingerprint density at radius 1 is 0.900 bits per heavy atom. The summed E-state index contributed by atoms with van der Waals surface area (Å²) in [5.74, 6) is 1.71. The molecule has 0 saturated carbocycles. The van der Waals surface area contributed by atoms with Crippen LogP contribution < -0.4 is 4.90 Å². The molecule has 5 rings (SSSR count). The molecule has 0 bridgehead atoms. The van der Waals surface area contributed by atoms with Gasteiger partial charge < -0.3 is 4.90 Å². The van der Waals surface area contributed by atoms with Crippen LogP contribution in [0.15, 0.2) is 18.2 Å². The summed E-state index contributed by atoms with van der Waals surface area (Å²) in [6, 6.07) is 6.12. The summed E-state index contributed by atoms with van der Waals surface area (Å²) in [5, 5.41) is 18.2. The van der Waals surface area contributed by atoms with E-state index in [0.717, 1.165) is 62.2 Å². The van der Waals surface area contributed by atoms with E-state index in [1.54, 1.807) is 0 Å². The molecule has 1 saturated heterocycles. The molecule has 1 aliphatic carbocycles. The lowest BCUT2D eigenvalue weighted by molar-refractivity contribution is 0.242. The molecule has 0 unspecified atom stereocenters. The van der Waals surface area contributed by atoms with E-state index in [4.69, 9.17) is 5.10 Å². The van der Waals surface area contributed by atoms with Crippen molar-refractivity contribution < 1.29 is 0 Å². The highest BCUT2D eigenvalue weighted by atomic mass is 15.4. The monoisotopic (exact) mass is 406 g/mol. The predicted octanol–water partition coefficient (Wildman–Crippen LogP) is 2.21. The average molecular weight is 407 g/mol. The van der Waals surface area contributed by atoms with Crippen molar-refractivity contribution in [2.45, 2.75) is 46.1 Å². The van der Waals surface area contributed by atoms with Gasteiger partial charge in [-0.2, -0.15) is 10.2 Å². The maximum Gasteiger partial charge on any atom is 0.176 e. The molecule has 158 valence electrons. The molecule has 3 aromatic heterocycles. The molecule has 4 heterocycles. The second-order valence-corrected chi connectivity index (χ2v) is 8.55. The molecule has 8 heteroatoms. The van der Waals surface area contributed by atoms with Gasteiger partial charge in [-0.3, -0.25) is 9.58 Å². The van der Waals surface area contributed by atoms with Crippen LogP contribution in [0, 0.1) is 13.8 Å². The van der Waals surface area contributed by atoms with Crippen LogP contribution >= 0.6 is 0 Å². The number of piperazine rings is 1. The van der Waals surface area contributed by atoms with E-state index in [0.29, 0.717) is 0 Å². The Morgan fingerprint density at radius 3 is 2.33 bits per heavy atom. The average Bonchev–Trinajstić information content (AvgIpc) is 3.27. The fourth-order valence-electron chi connectivity index (χ4n) is 4.75. The summed E-state index contributed by atoms with van der Waals surface area (Å²) in [6.07, 6.45) is 4.91. The number of nitrogens with zero attached hydrogens (tertiary/aromatic N) is 8. The molecule has 1 fully saturated rings. The third kappa shape index (κ3) is 3.60. The Morgan fingerprint density at radius 2 is 1.63 bits per heavy atom. The quantitative estimate of drug-likeness (QED) is 0.662. The van der Waals surface area contributed by atoms with Crippen molar-refractivity contribution in [1.82, 2.24) is 34.7 Å². The maximum absolute atomic E-state index is 4.77. The third-order valence-corrected chi connectivity index (χ3v) is 6.38. The fraction of sp³-hybridized carbons (Fsp3) is 0.545. The number of fused-ring (bicyclic) bond motifs is 1. The highest BCUT2D eigenvalue weighted by Crippen LogP contribution is 2.25. The number of hydrogen-bond donors (Lipinski definition) is 0. The molecular formula is C22H30N8. The van der Waals surface area contributed by atoms with Crippen molar-refractivity contribution in [2.24, 2.45) is 7.05 Å². The topological polar surface area (TPSA) is 67.9 Å². The second-order valence-electron chi connectivity index (χ2n) is 8.55. The van der Waals surface area contributed by atoms with E-state index in [1.165, 1.54) is 36.2 Å². The lowest BCUT2D eigenvalue weighted by Gasteiger charge is -2.35. The van der Waals surface area contributed by atoms with Gasteiger partial charge in [-0.05, 0) is 63.3 Å². The van der Waals surface area contributed by atoms with Gasteiger partial charge in [-0.25, -0.2) is 4.68 Å². The van der Waals surface area contributed by atoms with Crippen LogP contribution in [0.1, 0.15) is 41.2 Å². The molecule has 0 aromatic carbocycles. The first-order chi connectivity index (χ1) is 14.6. The summed E-state index contributed by atoms with van der Waals surface area (Å²) in [5.41, 5.74) is 6.31. The Hall–Kier alpha value is -2.74. The summed E-state index contributed by atoms with van der Waals surface area (Å²) in [6.45, 7) is 9.01. The van der Waals surface area contributed by atoms with Gasteiger partial charge in [0, 0.05) is 45.5 Å². The summed E-state index contributed by atoms with van der Waals surface area (Å²) >= 11 is 0. The molecule has 0 spiro atoms. The number of rotatable bonds is 4. The molecule has 0 amide bonds. The van der Waals surface area contributed by atoms with Crippen LogP contribution in [0.3, 0.4) is 0 Å². The smallest absolute Gasteiger partial charge is 0.176 e. The van der Waals surface area contributed by atoms with E-state index in [1.807, 2.05) is 30.7 Å². The van der Waals surface area contributed by atoms with Gasteiger partial charge in [0.2, 0.25) is 0 Å². The van der Waals surface area contributed by atoms with E-state index in [-0.39, 0.29) is 0 Å². The van der Waals surface area contributed by atoms with E-state index in [9.17, 15) is 0 Å². The standard InChI is InChI=1S/C22H30N8/c1-16-14-17(2)30(25-16)22-9-8-21(23-24-22)29-12-10-28(11-13-29)15-20-18-6-4-5-7-19(18)26-27(20)3/h8-9,14H,4-7,10-13,15H2,1-3H3. The molecule has 0 atom stereocenters. The van der Waals surface area contributed by atoms with Crippen molar-refractivity contribution in [2.75, 3.05) is 31.1 Å². The highest BCUT2D eigenvalue weighted by molar-refractivity contribution is 5.40. The van der Waals surface area contributed by atoms with Crippen LogP contribution in [-0.4, -0.2) is 60.8 Å². The molecule has 3 aromatic rings. The largest absolute Gasteiger partial charge is 0.353 e. The number of aryl methyl sites for hydroxylation is 4. The van der Waals surface area contributed by atoms with E-state index >= 15 is 0 Å². The highest BCUT2D eigenvalue weighted by Gasteiger charge is 2.24. The van der Waals surface area contributed by atoms with Crippen molar-refractivity contribution in [3.05, 3.63) is 46.5 Å². The van der Waals surface area contributed by atoms with Crippen molar-refractivity contribution in [1.29, 1.82) is 0 Å².